The van der Waals surface area contributed by atoms with E-state index in [0.717, 1.165) is 0 Å². The number of halogens is 1. The summed E-state index contributed by atoms with van der Waals surface area (Å²) in [7, 11) is -5.14. The molecule has 8 heteroatoms. The third-order valence-corrected chi connectivity index (χ3v) is 0. The van der Waals surface area contributed by atoms with Crippen LogP contribution < -0.4 is 22.2 Å². The second kappa shape index (κ2) is 7.89. The Hall–Kier alpha value is 0.892. The molecule has 0 aromatic carbocycles. The average molecular weight is 176 g/mol. The van der Waals surface area contributed by atoms with Gasteiger partial charge in [0.1, 0.15) is 0 Å². The average Bonchev–Trinajstić information content (AvgIpc) is 0.722. The number of phosphoric acid groups is 1. The van der Waals surface area contributed by atoms with E-state index in [1.54, 1.807) is 0 Å². The van der Waals surface area contributed by atoms with Crippen molar-refractivity contribution in [3.8, 4) is 0 Å². The third kappa shape index (κ3) is 300. The molecule has 8 heavy (non-hydrogen) atoms. The zero-order valence-electron chi connectivity index (χ0n) is 3.57. The van der Waals surface area contributed by atoms with Gasteiger partial charge in [0, 0.05) is 0 Å². The van der Waals surface area contributed by atoms with Gasteiger partial charge in [-0.3, -0.25) is 0 Å². The van der Waals surface area contributed by atoms with E-state index in [1.807, 2.05) is 0 Å². The van der Waals surface area contributed by atoms with E-state index in [4.69, 9.17) is 19.2 Å². The minimum absolute atomic E-state index is 0. The van der Waals surface area contributed by atoms with Gasteiger partial charge in [-0.2, -0.15) is 0 Å². The summed E-state index contributed by atoms with van der Waals surface area (Å²) < 4.78 is 8.66. The zero-order chi connectivity index (χ0) is 4.50. The first-order chi connectivity index (χ1) is 2.00. The fourth-order valence-corrected chi connectivity index (χ4v) is 0. The molecule has 0 amide bonds. The minimum Gasteiger partial charge on any atom is -1.00 e. The van der Waals surface area contributed by atoms with Gasteiger partial charge in [-0.1, -0.05) is 0 Å². The van der Waals surface area contributed by atoms with Gasteiger partial charge in [-0.15, -0.1) is 0 Å². The summed E-state index contributed by atoms with van der Waals surface area (Å²) in [6.45, 7) is 0. The summed E-state index contributed by atoms with van der Waals surface area (Å²) in [6, 6.07) is 0. The van der Waals surface area contributed by atoms with Crippen LogP contribution in [-0.4, -0.2) is 27.7 Å². The molecule has 0 aliphatic rings. The van der Waals surface area contributed by atoms with Gasteiger partial charge in [0.25, 0.3) is 0 Å². The Morgan fingerprint density at radius 1 is 1.38 bits per heavy atom. The summed E-state index contributed by atoms with van der Waals surface area (Å²) >= 11 is 0. The van der Waals surface area contributed by atoms with Gasteiger partial charge in [-0.05, 0) is 0 Å². The van der Waals surface area contributed by atoms with Crippen LogP contribution in [-0.2, 0) is 4.57 Å². The second-order valence-electron chi connectivity index (χ2n) is 0.469. The third-order valence-electron chi connectivity index (χ3n) is 0. The largest absolute Gasteiger partial charge is 3.00 e. The summed E-state index contributed by atoms with van der Waals surface area (Å²) in [6.07, 6.45) is 0. The summed E-state index contributed by atoms with van der Waals surface area (Å²) in [4.78, 5) is 24.3. The fourth-order valence-electron chi connectivity index (χ4n) is 0. The quantitative estimate of drug-likeness (QED) is 0.292. The van der Waals surface area contributed by atoms with Crippen LogP contribution in [0.15, 0.2) is 0 Å². The molecule has 3 N–H and O–H groups in total. The van der Waals surface area contributed by atoms with Crippen molar-refractivity contribution in [2.45, 2.75) is 0 Å². The van der Waals surface area contributed by atoms with Crippen molar-refractivity contribution >= 4 is 25.2 Å². The van der Waals surface area contributed by atoms with Crippen LogP contribution in [0.5, 0.6) is 0 Å². The van der Waals surface area contributed by atoms with Gasteiger partial charge in [0.15, 0.2) is 0 Å². The van der Waals surface area contributed by atoms with Gasteiger partial charge in [-0.25, -0.2) is 0 Å². The molecule has 0 unspecified atom stereocenters. The zero-order valence-corrected chi connectivity index (χ0v) is 6.38. The van der Waals surface area contributed by atoms with E-state index in [1.165, 1.54) is 0 Å². The fraction of sp³-hybridized carbons (Fsp3) is 0. The summed E-state index contributed by atoms with van der Waals surface area (Å²) in [5, 5.41) is 0. The predicted octanol–water partition coefficient (Wildman–Crippen LogP) is -6.39. The molecule has 0 aliphatic carbocycles. The van der Waals surface area contributed by atoms with Crippen molar-refractivity contribution < 1.29 is 37.1 Å². The molecule has 5 nitrogen and oxygen atoms in total. The van der Waals surface area contributed by atoms with Crippen LogP contribution in [0.4, 0.5) is 0 Å². The van der Waals surface area contributed by atoms with Crippen molar-refractivity contribution in [2.75, 3.05) is 0 Å². The molecule has 0 aromatic rings. The Morgan fingerprint density at radius 3 is 1.38 bits per heavy atom. The molecule has 0 fully saturated rings. The Bertz CT molecular complexity index is 58.6. The first kappa shape index (κ1) is 23.1. The topological polar surface area (TPSA) is 115 Å². The molecule has 0 aromatic heterocycles. The predicted molar refractivity (Wildman–Crippen MR) is 19.2 cm³/mol. The maximum atomic E-state index is 8.66. The molecular weight excluding hydrogens is 173 g/mol. The van der Waals surface area contributed by atoms with Crippen molar-refractivity contribution in [2.24, 2.45) is 0 Å². The van der Waals surface area contributed by atoms with Crippen LogP contribution in [0.3, 0.4) is 0 Å². The van der Waals surface area contributed by atoms with Crippen molar-refractivity contribution in [1.29, 1.82) is 0 Å². The number of rotatable bonds is 0. The monoisotopic (exact) mass is 176 g/mol. The summed E-state index contributed by atoms with van der Waals surface area (Å²) in [5.74, 6) is 0. The molecule has 0 aliphatic heterocycles. The maximum Gasteiger partial charge on any atom is 3.00 e. The molecule has 0 saturated carbocycles. The number of hydrogen-bond donors (Lipinski definition) is 1. The first-order valence-corrected chi connectivity index (χ1v) is 2.24. The van der Waals surface area contributed by atoms with Crippen LogP contribution in [0, 0.1) is 0 Å². The van der Waals surface area contributed by atoms with Gasteiger partial charge < -0.3 is 37.1 Å². The van der Waals surface area contributed by atoms with Crippen LogP contribution in [0.25, 0.3) is 0 Å². The Balaban J connectivity index is -0.0000000267. The van der Waals surface area contributed by atoms with Crippen LogP contribution in [0.2, 0.25) is 0 Å². The molecule has 48 valence electrons. The van der Waals surface area contributed by atoms with E-state index in [0.29, 0.717) is 0 Å². The van der Waals surface area contributed by atoms with Crippen LogP contribution >= 0.6 is 7.82 Å². The van der Waals surface area contributed by atoms with Gasteiger partial charge in [0.05, 0.1) is 7.82 Å². The van der Waals surface area contributed by atoms with Crippen LogP contribution in [0.1, 0.15) is 0 Å². The van der Waals surface area contributed by atoms with E-state index in [-0.39, 0.29) is 35.2 Å². The maximum absolute atomic E-state index is 8.66. The Kier molecular flexibility index (Phi) is 22.8. The van der Waals surface area contributed by atoms with E-state index >= 15 is 0 Å². The molecule has 0 rings (SSSR count). The van der Waals surface area contributed by atoms with Gasteiger partial charge >= 0.3 is 17.4 Å². The molecule has 0 atom stereocenters. The Morgan fingerprint density at radius 2 is 1.38 bits per heavy atom. The minimum atomic E-state index is -5.14. The van der Waals surface area contributed by atoms with Crippen molar-refractivity contribution in [3.05, 3.63) is 0 Å². The van der Waals surface area contributed by atoms with Gasteiger partial charge in [0.2, 0.25) is 0 Å². The summed E-state index contributed by atoms with van der Waals surface area (Å²) in [5.41, 5.74) is 0. The second-order valence-corrected chi connectivity index (χ2v) is 1.41. The van der Waals surface area contributed by atoms with E-state index in [9.17, 15) is 0 Å². The molecule has 0 saturated heterocycles. The molecular formula is H3AlClO5P. The SMILES string of the molecule is O.O=P([O-])([O-])O.[Al+3].[Cl-]. The standard InChI is InChI=1S/Al.ClH.H3O4P.H2O/c;;1-5(2,3)4;/h;1H;(H3,1,2,3,4);1H2/q+3;;;/p-3. The molecule has 0 bridgehead atoms. The smallest absolute Gasteiger partial charge is 1.00 e. The Labute approximate surface area is 62.8 Å². The normalized spacial score (nSPS) is 7.38. The number of hydrogen-bond acceptors (Lipinski definition) is 3. The first-order valence-electron chi connectivity index (χ1n) is 0.748. The van der Waals surface area contributed by atoms with Crippen molar-refractivity contribution in [1.82, 2.24) is 0 Å². The molecule has 0 radical (unpaired) electrons. The van der Waals surface area contributed by atoms with E-state index < -0.39 is 7.82 Å². The van der Waals surface area contributed by atoms with Crippen molar-refractivity contribution in [3.63, 3.8) is 0 Å². The molecule has 0 heterocycles. The molecule has 0 spiro atoms. The van der Waals surface area contributed by atoms with E-state index in [2.05, 4.69) is 0 Å².